The lowest BCUT2D eigenvalue weighted by Crippen LogP contribution is -2.50. The van der Waals surface area contributed by atoms with Gasteiger partial charge in [0.15, 0.2) is 11.5 Å². The summed E-state index contributed by atoms with van der Waals surface area (Å²) in [4.78, 5) is 24.8. The predicted octanol–water partition coefficient (Wildman–Crippen LogP) is 1.60. The molecule has 8 nitrogen and oxygen atoms in total. The van der Waals surface area contributed by atoms with Crippen LogP contribution in [0, 0.1) is 0 Å². The number of nitrogens with zero attached hydrogens (tertiary/aromatic N) is 4. The number of anilines is 2. The number of benzene rings is 1. The van der Waals surface area contributed by atoms with Crippen molar-refractivity contribution in [2.24, 2.45) is 0 Å². The highest BCUT2D eigenvalue weighted by Gasteiger charge is 2.23. The Kier molecular flexibility index (Phi) is 4.24. The summed E-state index contributed by atoms with van der Waals surface area (Å²) in [6.07, 6.45) is 3.45. The standard InChI is InChI=1S/C17H19N5O3/c23-17(20-13-2-3-14-15(12-13)25-11-10-24-14)22-8-6-21(7-9-22)16-18-4-1-5-19-16/h1-5,12H,6-11H2,(H,20,23). The van der Waals surface area contributed by atoms with E-state index >= 15 is 0 Å². The number of hydrogen-bond donors (Lipinski definition) is 1. The quantitative estimate of drug-likeness (QED) is 0.894. The predicted molar refractivity (Wildman–Crippen MR) is 92.3 cm³/mol. The van der Waals surface area contributed by atoms with Gasteiger partial charge in [-0.25, -0.2) is 14.8 Å². The number of fused-ring (bicyclic) bond motifs is 1. The molecule has 1 aromatic heterocycles. The summed E-state index contributed by atoms with van der Waals surface area (Å²) >= 11 is 0. The fourth-order valence-corrected chi connectivity index (χ4v) is 2.89. The van der Waals surface area contributed by atoms with Crippen LogP contribution in [0.5, 0.6) is 11.5 Å². The molecule has 0 radical (unpaired) electrons. The molecule has 25 heavy (non-hydrogen) atoms. The van der Waals surface area contributed by atoms with Gasteiger partial charge in [0.1, 0.15) is 13.2 Å². The summed E-state index contributed by atoms with van der Waals surface area (Å²) in [5.41, 5.74) is 0.697. The van der Waals surface area contributed by atoms with Crippen LogP contribution in [0.4, 0.5) is 16.4 Å². The van der Waals surface area contributed by atoms with Crippen LogP contribution in [0.1, 0.15) is 0 Å². The Labute approximate surface area is 145 Å². The van der Waals surface area contributed by atoms with Gasteiger partial charge in [-0.05, 0) is 18.2 Å². The summed E-state index contributed by atoms with van der Waals surface area (Å²) in [7, 11) is 0. The summed E-state index contributed by atoms with van der Waals surface area (Å²) in [6.45, 7) is 3.72. The molecule has 2 aliphatic rings. The molecule has 1 N–H and O–H groups in total. The highest BCUT2D eigenvalue weighted by Crippen LogP contribution is 2.32. The van der Waals surface area contributed by atoms with Crippen LogP contribution in [0.3, 0.4) is 0 Å². The van der Waals surface area contributed by atoms with Crippen molar-refractivity contribution < 1.29 is 14.3 Å². The number of amides is 2. The molecular formula is C17H19N5O3. The zero-order chi connectivity index (χ0) is 17.1. The number of nitrogens with one attached hydrogen (secondary N) is 1. The number of ether oxygens (including phenoxy) is 2. The molecule has 0 spiro atoms. The smallest absolute Gasteiger partial charge is 0.321 e. The molecule has 1 saturated heterocycles. The fourth-order valence-electron chi connectivity index (χ4n) is 2.89. The van der Waals surface area contributed by atoms with Crippen molar-refractivity contribution in [1.82, 2.24) is 14.9 Å². The fraction of sp³-hybridized carbons (Fsp3) is 0.353. The molecule has 130 valence electrons. The molecule has 3 heterocycles. The molecule has 4 rings (SSSR count). The van der Waals surface area contributed by atoms with Crippen molar-refractivity contribution in [2.45, 2.75) is 0 Å². The van der Waals surface area contributed by atoms with Crippen LogP contribution in [-0.4, -0.2) is 60.3 Å². The maximum absolute atomic E-state index is 12.5. The lowest BCUT2D eigenvalue weighted by atomic mass is 10.2. The van der Waals surface area contributed by atoms with Crippen molar-refractivity contribution in [2.75, 3.05) is 49.6 Å². The molecule has 2 aliphatic heterocycles. The minimum Gasteiger partial charge on any atom is -0.486 e. The minimum absolute atomic E-state index is 0.120. The van der Waals surface area contributed by atoms with E-state index in [2.05, 4.69) is 20.2 Å². The Morgan fingerprint density at radius 3 is 2.48 bits per heavy atom. The second-order valence-corrected chi connectivity index (χ2v) is 5.81. The highest BCUT2D eigenvalue weighted by atomic mass is 16.6. The Morgan fingerprint density at radius 2 is 1.72 bits per heavy atom. The van der Waals surface area contributed by atoms with E-state index in [4.69, 9.17) is 9.47 Å². The number of aromatic nitrogens is 2. The van der Waals surface area contributed by atoms with E-state index in [1.165, 1.54) is 0 Å². The third-order valence-corrected chi connectivity index (χ3v) is 4.20. The van der Waals surface area contributed by atoms with Crippen LogP contribution in [0.25, 0.3) is 0 Å². The van der Waals surface area contributed by atoms with E-state index in [0.717, 1.165) is 0 Å². The van der Waals surface area contributed by atoms with Crippen LogP contribution in [-0.2, 0) is 0 Å². The molecular weight excluding hydrogens is 322 g/mol. The molecule has 0 aliphatic carbocycles. The average Bonchev–Trinajstić information content (AvgIpc) is 2.69. The van der Waals surface area contributed by atoms with Gasteiger partial charge in [0, 0.05) is 50.3 Å². The molecule has 1 aromatic carbocycles. The minimum atomic E-state index is -0.120. The van der Waals surface area contributed by atoms with Crippen LogP contribution in [0.15, 0.2) is 36.7 Å². The summed E-state index contributed by atoms with van der Waals surface area (Å²) in [5, 5.41) is 2.92. The molecule has 2 aromatic rings. The van der Waals surface area contributed by atoms with Gasteiger partial charge in [0.05, 0.1) is 0 Å². The van der Waals surface area contributed by atoms with Crippen molar-refractivity contribution in [1.29, 1.82) is 0 Å². The first-order valence-corrected chi connectivity index (χ1v) is 8.27. The van der Waals surface area contributed by atoms with E-state index in [-0.39, 0.29) is 6.03 Å². The summed E-state index contributed by atoms with van der Waals surface area (Å²) < 4.78 is 11.0. The van der Waals surface area contributed by atoms with Crippen molar-refractivity contribution in [3.8, 4) is 11.5 Å². The van der Waals surface area contributed by atoms with Gasteiger partial charge in [-0.15, -0.1) is 0 Å². The highest BCUT2D eigenvalue weighted by molar-refractivity contribution is 5.90. The van der Waals surface area contributed by atoms with Gasteiger partial charge in [-0.1, -0.05) is 0 Å². The lowest BCUT2D eigenvalue weighted by molar-refractivity contribution is 0.171. The summed E-state index contributed by atoms with van der Waals surface area (Å²) in [5.74, 6) is 2.07. The normalized spacial score (nSPS) is 16.5. The third-order valence-electron chi connectivity index (χ3n) is 4.20. The topological polar surface area (TPSA) is 79.8 Å². The van der Waals surface area contributed by atoms with Crippen molar-refractivity contribution >= 4 is 17.7 Å². The Balaban J connectivity index is 1.35. The monoisotopic (exact) mass is 341 g/mol. The Morgan fingerprint density at radius 1 is 1.00 bits per heavy atom. The van der Waals surface area contributed by atoms with Gasteiger partial charge in [0.25, 0.3) is 0 Å². The maximum Gasteiger partial charge on any atom is 0.321 e. The van der Waals surface area contributed by atoms with Crippen molar-refractivity contribution in [3.63, 3.8) is 0 Å². The molecule has 2 amide bonds. The third kappa shape index (κ3) is 3.42. The van der Waals surface area contributed by atoms with E-state index in [9.17, 15) is 4.79 Å². The number of rotatable bonds is 2. The average molecular weight is 341 g/mol. The van der Waals surface area contributed by atoms with Crippen molar-refractivity contribution in [3.05, 3.63) is 36.7 Å². The van der Waals surface area contributed by atoms with E-state index in [1.54, 1.807) is 29.4 Å². The first-order valence-electron chi connectivity index (χ1n) is 8.27. The summed E-state index contributed by atoms with van der Waals surface area (Å²) in [6, 6.07) is 7.10. The number of carbonyl (C=O) groups is 1. The van der Waals surface area contributed by atoms with Gasteiger partial charge in [-0.2, -0.15) is 0 Å². The van der Waals surface area contributed by atoms with Crippen LogP contribution in [0.2, 0.25) is 0 Å². The van der Waals surface area contributed by atoms with Crippen LogP contribution >= 0.6 is 0 Å². The SMILES string of the molecule is O=C(Nc1ccc2c(c1)OCCO2)N1CCN(c2ncccn2)CC1. The number of urea groups is 1. The van der Waals surface area contributed by atoms with Gasteiger partial charge >= 0.3 is 6.03 Å². The molecule has 0 saturated carbocycles. The molecule has 1 fully saturated rings. The first-order chi connectivity index (χ1) is 12.3. The number of hydrogen-bond acceptors (Lipinski definition) is 6. The Bertz CT molecular complexity index is 747. The van der Waals surface area contributed by atoms with E-state index in [1.807, 2.05) is 12.1 Å². The number of carbonyl (C=O) groups excluding carboxylic acids is 1. The van der Waals surface area contributed by atoms with Gasteiger partial charge in [0.2, 0.25) is 5.95 Å². The second kappa shape index (κ2) is 6.84. The van der Waals surface area contributed by atoms with Gasteiger partial charge < -0.3 is 24.6 Å². The second-order valence-electron chi connectivity index (χ2n) is 5.81. The molecule has 0 unspecified atom stereocenters. The zero-order valence-electron chi connectivity index (χ0n) is 13.7. The first kappa shape index (κ1) is 15.5. The Hall–Kier alpha value is -3.03. The lowest BCUT2D eigenvalue weighted by Gasteiger charge is -2.34. The van der Waals surface area contributed by atoms with Crippen LogP contribution < -0.4 is 19.7 Å². The zero-order valence-corrected chi connectivity index (χ0v) is 13.7. The molecule has 0 bridgehead atoms. The van der Waals surface area contributed by atoms with E-state index < -0.39 is 0 Å². The number of piperazine rings is 1. The molecule has 0 atom stereocenters. The van der Waals surface area contributed by atoms with E-state index in [0.29, 0.717) is 62.5 Å². The largest absolute Gasteiger partial charge is 0.486 e. The van der Waals surface area contributed by atoms with Gasteiger partial charge in [-0.3, -0.25) is 0 Å². The molecule has 8 heteroatoms. The maximum atomic E-state index is 12.5.